The average Bonchev–Trinajstić information content (AvgIpc) is 2.30. The SMILES string of the molecule is NCc1nc2c(c(=O)[nH]1)CN(CCO)CC2. The third kappa shape index (κ3) is 2.13. The third-order valence-corrected chi connectivity index (χ3v) is 2.81. The molecule has 1 aromatic heterocycles. The van der Waals surface area contributed by atoms with Crippen LogP contribution >= 0.6 is 0 Å². The van der Waals surface area contributed by atoms with Crippen LogP contribution in [0.1, 0.15) is 17.1 Å². The number of fused-ring (bicyclic) bond motifs is 1. The standard InChI is InChI=1S/C10H16N4O2/c11-5-9-12-8-1-2-14(3-4-15)6-7(8)10(16)13-9/h15H,1-6,11H2,(H,12,13,16). The number of hydrogen-bond donors (Lipinski definition) is 3. The predicted octanol–water partition coefficient (Wildman–Crippen LogP) is -1.42. The number of nitrogens with one attached hydrogen (secondary N) is 1. The van der Waals surface area contributed by atoms with Crippen molar-refractivity contribution in [2.24, 2.45) is 5.73 Å². The Kier molecular flexibility index (Phi) is 3.33. The fourth-order valence-corrected chi connectivity index (χ4v) is 1.96. The molecule has 0 saturated heterocycles. The van der Waals surface area contributed by atoms with E-state index in [0.29, 0.717) is 24.5 Å². The van der Waals surface area contributed by atoms with Gasteiger partial charge in [0, 0.05) is 26.1 Å². The summed E-state index contributed by atoms with van der Waals surface area (Å²) in [5.74, 6) is 0.541. The number of aromatic nitrogens is 2. The normalized spacial score (nSPS) is 16.1. The minimum Gasteiger partial charge on any atom is -0.395 e. The minimum absolute atomic E-state index is 0.104. The number of aliphatic hydroxyl groups is 1. The number of rotatable bonds is 3. The molecule has 0 saturated carbocycles. The van der Waals surface area contributed by atoms with Crippen molar-refractivity contribution in [1.82, 2.24) is 14.9 Å². The summed E-state index contributed by atoms with van der Waals surface area (Å²) in [5, 5.41) is 8.86. The maximum absolute atomic E-state index is 11.8. The van der Waals surface area contributed by atoms with E-state index in [1.807, 2.05) is 4.90 Å². The van der Waals surface area contributed by atoms with E-state index in [2.05, 4.69) is 9.97 Å². The molecule has 0 aromatic carbocycles. The van der Waals surface area contributed by atoms with Crippen molar-refractivity contribution >= 4 is 0 Å². The van der Waals surface area contributed by atoms with Crippen molar-refractivity contribution in [3.63, 3.8) is 0 Å². The Morgan fingerprint density at radius 3 is 3.06 bits per heavy atom. The fraction of sp³-hybridized carbons (Fsp3) is 0.600. The molecule has 2 heterocycles. The molecule has 0 radical (unpaired) electrons. The summed E-state index contributed by atoms with van der Waals surface area (Å²) in [4.78, 5) is 20.8. The zero-order valence-electron chi connectivity index (χ0n) is 9.07. The maximum Gasteiger partial charge on any atom is 0.255 e. The quantitative estimate of drug-likeness (QED) is 0.585. The summed E-state index contributed by atoms with van der Waals surface area (Å²) in [7, 11) is 0. The number of hydrogen-bond acceptors (Lipinski definition) is 5. The molecule has 0 unspecified atom stereocenters. The van der Waals surface area contributed by atoms with E-state index in [0.717, 1.165) is 18.7 Å². The number of H-pyrrole nitrogens is 1. The molecule has 2 rings (SSSR count). The lowest BCUT2D eigenvalue weighted by Gasteiger charge is -2.26. The van der Waals surface area contributed by atoms with Crippen molar-refractivity contribution in [2.75, 3.05) is 19.7 Å². The molecule has 0 bridgehead atoms. The largest absolute Gasteiger partial charge is 0.395 e. The summed E-state index contributed by atoms with van der Waals surface area (Å²) < 4.78 is 0. The Morgan fingerprint density at radius 1 is 1.56 bits per heavy atom. The van der Waals surface area contributed by atoms with Gasteiger partial charge in [-0.05, 0) is 0 Å². The number of β-amino-alcohol motifs (C(OH)–C–C–N with tert-alkyl or cyclic N) is 1. The van der Waals surface area contributed by atoms with E-state index < -0.39 is 0 Å². The first-order valence-electron chi connectivity index (χ1n) is 5.39. The first-order valence-corrected chi connectivity index (χ1v) is 5.39. The van der Waals surface area contributed by atoms with Crippen molar-refractivity contribution in [2.45, 2.75) is 19.5 Å². The molecule has 1 aromatic rings. The molecule has 16 heavy (non-hydrogen) atoms. The maximum atomic E-state index is 11.8. The van der Waals surface area contributed by atoms with Crippen LogP contribution < -0.4 is 11.3 Å². The molecule has 0 atom stereocenters. The molecule has 0 aliphatic carbocycles. The van der Waals surface area contributed by atoms with Crippen LogP contribution in [0.15, 0.2) is 4.79 Å². The van der Waals surface area contributed by atoms with Gasteiger partial charge >= 0.3 is 0 Å². The molecule has 6 nitrogen and oxygen atoms in total. The van der Waals surface area contributed by atoms with Crippen LogP contribution in [0.3, 0.4) is 0 Å². The van der Waals surface area contributed by atoms with Crippen LogP contribution in [0.4, 0.5) is 0 Å². The van der Waals surface area contributed by atoms with Gasteiger partial charge < -0.3 is 15.8 Å². The Hall–Kier alpha value is -1.24. The van der Waals surface area contributed by atoms with Crippen molar-refractivity contribution < 1.29 is 5.11 Å². The van der Waals surface area contributed by atoms with E-state index in [1.165, 1.54) is 0 Å². The van der Waals surface area contributed by atoms with Gasteiger partial charge in [0.2, 0.25) is 0 Å². The first-order chi connectivity index (χ1) is 7.74. The highest BCUT2D eigenvalue weighted by Crippen LogP contribution is 2.12. The monoisotopic (exact) mass is 224 g/mol. The number of aliphatic hydroxyl groups excluding tert-OH is 1. The topological polar surface area (TPSA) is 95.2 Å². The van der Waals surface area contributed by atoms with Crippen molar-refractivity contribution in [1.29, 1.82) is 0 Å². The van der Waals surface area contributed by atoms with Gasteiger partial charge in [0.25, 0.3) is 5.56 Å². The molecule has 4 N–H and O–H groups in total. The molecule has 1 aliphatic heterocycles. The van der Waals surface area contributed by atoms with Gasteiger partial charge in [-0.3, -0.25) is 9.69 Å². The Labute approximate surface area is 93.1 Å². The second-order valence-corrected chi connectivity index (χ2v) is 3.89. The van der Waals surface area contributed by atoms with Crippen molar-refractivity contribution in [3.8, 4) is 0 Å². The van der Waals surface area contributed by atoms with Gasteiger partial charge in [-0.25, -0.2) is 4.98 Å². The summed E-state index contributed by atoms with van der Waals surface area (Å²) >= 11 is 0. The van der Waals surface area contributed by atoms with Crippen LogP contribution in [-0.2, 0) is 19.5 Å². The second-order valence-electron chi connectivity index (χ2n) is 3.89. The van der Waals surface area contributed by atoms with E-state index in [4.69, 9.17) is 10.8 Å². The highest BCUT2D eigenvalue weighted by molar-refractivity contribution is 5.20. The number of aromatic amines is 1. The zero-order valence-corrected chi connectivity index (χ0v) is 9.07. The number of nitrogens with zero attached hydrogens (tertiary/aromatic N) is 2. The second kappa shape index (κ2) is 4.73. The van der Waals surface area contributed by atoms with Gasteiger partial charge in [-0.2, -0.15) is 0 Å². The number of nitrogens with two attached hydrogens (primary N) is 1. The van der Waals surface area contributed by atoms with E-state index >= 15 is 0 Å². The zero-order chi connectivity index (χ0) is 11.5. The molecule has 0 fully saturated rings. The predicted molar refractivity (Wildman–Crippen MR) is 58.8 cm³/mol. The minimum atomic E-state index is -0.104. The summed E-state index contributed by atoms with van der Waals surface area (Å²) in [6.07, 6.45) is 0.742. The molecule has 0 amide bonds. The van der Waals surface area contributed by atoms with E-state index in [1.54, 1.807) is 0 Å². The van der Waals surface area contributed by atoms with E-state index in [9.17, 15) is 4.79 Å². The van der Waals surface area contributed by atoms with Gasteiger partial charge in [-0.15, -0.1) is 0 Å². The molecular weight excluding hydrogens is 208 g/mol. The fourth-order valence-electron chi connectivity index (χ4n) is 1.96. The lowest BCUT2D eigenvalue weighted by atomic mass is 10.1. The Morgan fingerprint density at radius 2 is 2.38 bits per heavy atom. The Balaban J connectivity index is 2.29. The molecule has 0 spiro atoms. The van der Waals surface area contributed by atoms with Crippen LogP contribution in [0.25, 0.3) is 0 Å². The summed E-state index contributed by atoms with van der Waals surface area (Å²) in [5.41, 5.74) is 6.90. The molecule has 6 heteroatoms. The van der Waals surface area contributed by atoms with Gasteiger partial charge in [0.15, 0.2) is 0 Å². The Bertz CT molecular complexity index is 429. The van der Waals surface area contributed by atoms with Crippen molar-refractivity contribution in [3.05, 3.63) is 27.4 Å². The molecule has 1 aliphatic rings. The van der Waals surface area contributed by atoms with Gasteiger partial charge in [-0.1, -0.05) is 0 Å². The van der Waals surface area contributed by atoms with Gasteiger partial charge in [0.05, 0.1) is 24.4 Å². The molecule has 88 valence electrons. The summed E-state index contributed by atoms with van der Waals surface area (Å²) in [6, 6.07) is 0. The smallest absolute Gasteiger partial charge is 0.255 e. The summed E-state index contributed by atoms with van der Waals surface area (Å²) in [6.45, 7) is 2.35. The first kappa shape index (κ1) is 11.3. The van der Waals surface area contributed by atoms with E-state index in [-0.39, 0.29) is 18.7 Å². The van der Waals surface area contributed by atoms with Crippen LogP contribution in [-0.4, -0.2) is 39.7 Å². The average molecular weight is 224 g/mol. The van der Waals surface area contributed by atoms with Crippen LogP contribution in [0, 0.1) is 0 Å². The van der Waals surface area contributed by atoms with Crippen LogP contribution in [0.5, 0.6) is 0 Å². The van der Waals surface area contributed by atoms with Crippen LogP contribution in [0.2, 0.25) is 0 Å². The third-order valence-electron chi connectivity index (χ3n) is 2.81. The lowest BCUT2D eigenvalue weighted by Crippen LogP contribution is -2.37. The lowest BCUT2D eigenvalue weighted by molar-refractivity contribution is 0.182. The highest BCUT2D eigenvalue weighted by Gasteiger charge is 2.20. The molecular formula is C10H16N4O2. The van der Waals surface area contributed by atoms with Gasteiger partial charge in [0.1, 0.15) is 5.82 Å². The highest BCUT2D eigenvalue weighted by atomic mass is 16.3.